The fourth-order valence-corrected chi connectivity index (χ4v) is 1.53. The molecule has 0 aliphatic carbocycles. The number of aliphatic carboxylic acids is 1. The van der Waals surface area contributed by atoms with E-state index in [1.165, 1.54) is 0 Å². The second-order valence-corrected chi connectivity index (χ2v) is 3.60. The zero-order chi connectivity index (χ0) is 12.0. The van der Waals surface area contributed by atoms with Gasteiger partial charge in [-0.05, 0) is 27.7 Å². The Hall–Kier alpha value is -1.03. The maximum atomic E-state index is 10.9. The van der Waals surface area contributed by atoms with Crippen molar-refractivity contribution in [2.75, 3.05) is 13.1 Å². The lowest BCUT2D eigenvalue weighted by atomic mass is 10.1. The molecule has 0 bridgehead atoms. The Balaban J connectivity index is 5.02. The molecule has 1 atom stereocenters. The first-order chi connectivity index (χ1) is 6.93. The summed E-state index contributed by atoms with van der Waals surface area (Å²) in [7, 11) is 0. The normalized spacial score (nSPS) is 14.5. The van der Waals surface area contributed by atoms with E-state index in [1.54, 1.807) is 13.8 Å². The van der Waals surface area contributed by atoms with Crippen LogP contribution in [0.5, 0.6) is 0 Å². The average molecular weight is 215 g/mol. The van der Waals surface area contributed by atoms with Crippen molar-refractivity contribution in [3.63, 3.8) is 0 Å². The van der Waals surface area contributed by atoms with Gasteiger partial charge in [-0.1, -0.05) is 0 Å². The van der Waals surface area contributed by atoms with E-state index in [4.69, 9.17) is 5.11 Å². The van der Waals surface area contributed by atoms with Crippen LogP contribution >= 0.6 is 0 Å². The van der Waals surface area contributed by atoms with E-state index in [1.807, 2.05) is 18.7 Å². The predicted octanol–water partition coefficient (Wildman–Crippen LogP) is 1.46. The first-order valence-corrected chi connectivity index (χ1v) is 5.30. The lowest BCUT2D eigenvalue weighted by Gasteiger charge is -2.26. The monoisotopic (exact) mass is 215 g/mol. The molecule has 15 heavy (non-hydrogen) atoms. The van der Waals surface area contributed by atoms with Gasteiger partial charge in [0.05, 0.1) is 11.7 Å². The number of carboxylic acid groups (broad SMARTS) is 1. The van der Waals surface area contributed by atoms with Crippen molar-refractivity contribution >= 4 is 5.97 Å². The molecular formula is C11H21NO3. The Kier molecular flexibility index (Phi) is 6.01. The SMILES string of the molecule is CCN(CC)C(CC(C)O)=C(C)C(=O)O. The van der Waals surface area contributed by atoms with Gasteiger partial charge < -0.3 is 15.1 Å². The summed E-state index contributed by atoms with van der Waals surface area (Å²) in [6.07, 6.45) is -0.130. The lowest BCUT2D eigenvalue weighted by molar-refractivity contribution is -0.132. The molecule has 2 N–H and O–H groups in total. The van der Waals surface area contributed by atoms with Crippen molar-refractivity contribution in [1.82, 2.24) is 4.90 Å². The molecule has 4 nitrogen and oxygen atoms in total. The molecule has 0 radical (unpaired) electrons. The standard InChI is InChI=1S/C11H21NO3/c1-5-12(6-2)10(7-8(3)13)9(4)11(14)15/h8,13H,5-7H2,1-4H3,(H,14,15). The molecule has 0 saturated carbocycles. The third kappa shape index (κ3) is 4.34. The number of rotatable bonds is 6. The van der Waals surface area contributed by atoms with Crippen LogP contribution in [0.4, 0.5) is 0 Å². The first kappa shape index (κ1) is 14.0. The van der Waals surface area contributed by atoms with Gasteiger partial charge in [0.15, 0.2) is 0 Å². The average Bonchev–Trinajstić information content (AvgIpc) is 2.16. The summed E-state index contributed by atoms with van der Waals surface area (Å²) in [5.74, 6) is -0.919. The van der Waals surface area contributed by atoms with Crippen molar-refractivity contribution < 1.29 is 15.0 Å². The summed E-state index contributed by atoms with van der Waals surface area (Å²) in [6, 6.07) is 0. The summed E-state index contributed by atoms with van der Waals surface area (Å²) >= 11 is 0. The third-order valence-corrected chi connectivity index (χ3v) is 2.39. The van der Waals surface area contributed by atoms with Gasteiger partial charge in [-0.15, -0.1) is 0 Å². The number of carbonyl (C=O) groups is 1. The number of nitrogens with zero attached hydrogens (tertiary/aromatic N) is 1. The molecular weight excluding hydrogens is 194 g/mol. The van der Waals surface area contributed by atoms with Crippen LogP contribution in [-0.2, 0) is 4.79 Å². The van der Waals surface area contributed by atoms with Crippen LogP contribution in [0.2, 0.25) is 0 Å². The van der Waals surface area contributed by atoms with E-state index in [0.717, 1.165) is 18.8 Å². The molecule has 0 aromatic rings. The molecule has 0 aliphatic rings. The van der Waals surface area contributed by atoms with Crippen LogP contribution in [0.1, 0.15) is 34.1 Å². The summed E-state index contributed by atoms with van der Waals surface area (Å²) in [4.78, 5) is 12.9. The smallest absolute Gasteiger partial charge is 0.333 e. The fraction of sp³-hybridized carbons (Fsp3) is 0.727. The van der Waals surface area contributed by atoms with Gasteiger partial charge in [-0.25, -0.2) is 4.79 Å². The molecule has 0 fully saturated rings. The summed E-state index contributed by atoms with van der Waals surface area (Å²) < 4.78 is 0. The third-order valence-electron chi connectivity index (χ3n) is 2.39. The highest BCUT2D eigenvalue weighted by Crippen LogP contribution is 2.16. The Morgan fingerprint density at radius 3 is 2.07 bits per heavy atom. The summed E-state index contributed by atoms with van der Waals surface area (Å²) in [5.41, 5.74) is 1.04. The van der Waals surface area contributed by atoms with E-state index in [0.29, 0.717) is 12.0 Å². The second-order valence-electron chi connectivity index (χ2n) is 3.60. The Labute approximate surface area is 91.2 Å². The van der Waals surface area contributed by atoms with E-state index in [2.05, 4.69) is 0 Å². The van der Waals surface area contributed by atoms with Gasteiger partial charge in [0, 0.05) is 25.2 Å². The van der Waals surface area contributed by atoms with Crippen LogP contribution in [-0.4, -0.2) is 40.3 Å². The van der Waals surface area contributed by atoms with Crippen molar-refractivity contribution in [3.05, 3.63) is 11.3 Å². The molecule has 0 heterocycles. The summed E-state index contributed by atoms with van der Waals surface area (Å²) in [6.45, 7) is 8.70. The van der Waals surface area contributed by atoms with E-state index < -0.39 is 12.1 Å². The van der Waals surface area contributed by atoms with Crippen LogP contribution < -0.4 is 0 Å². The minimum absolute atomic E-state index is 0.319. The van der Waals surface area contributed by atoms with Crippen molar-refractivity contribution in [1.29, 1.82) is 0 Å². The highest BCUT2D eigenvalue weighted by molar-refractivity contribution is 5.86. The van der Waals surface area contributed by atoms with Gasteiger partial charge in [-0.3, -0.25) is 0 Å². The number of aliphatic hydroxyl groups excluding tert-OH is 1. The second kappa shape index (κ2) is 6.45. The van der Waals surface area contributed by atoms with Crippen LogP contribution in [0.25, 0.3) is 0 Å². The maximum Gasteiger partial charge on any atom is 0.333 e. The number of carboxylic acids is 1. The predicted molar refractivity (Wildman–Crippen MR) is 59.6 cm³/mol. The molecule has 0 aromatic heterocycles. The Morgan fingerprint density at radius 2 is 1.80 bits per heavy atom. The van der Waals surface area contributed by atoms with E-state index in [9.17, 15) is 9.90 Å². The first-order valence-electron chi connectivity index (χ1n) is 5.30. The number of hydrogen-bond donors (Lipinski definition) is 2. The van der Waals surface area contributed by atoms with Crippen LogP contribution in [0.3, 0.4) is 0 Å². The molecule has 0 spiro atoms. The largest absolute Gasteiger partial charge is 0.478 e. The van der Waals surface area contributed by atoms with Crippen molar-refractivity contribution in [3.8, 4) is 0 Å². The highest BCUT2D eigenvalue weighted by Gasteiger charge is 2.15. The van der Waals surface area contributed by atoms with E-state index in [-0.39, 0.29) is 0 Å². The zero-order valence-corrected chi connectivity index (χ0v) is 9.95. The fourth-order valence-electron chi connectivity index (χ4n) is 1.53. The van der Waals surface area contributed by atoms with Crippen LogP contribution in [0, 0.1) is 0 Å². The Morgan fingerprint density at radius 1 is 1.33 bits per heavy atom. The van der Waals surface area contributed by atoms with Gasteiger partial charge in [0.25, 0.3) is 0 Å². The van der Waals surface area contributed by atoms with Crippen molar-refractivity contribution in [2.45, 2.75) is 40.2 Å². The van der Waals surface area contributed by atoms with E-state index >= 15 is 0 Å². The Bertz CT molecular complexity index is 242. The van der Waals surface area contributed by atoms with Gasteiger partial charge >= 0.3 is 5.97 Å². The van der Waals surface area contributed by atoms with Gasteiger partial charge in [0.1, 0.15) is 0 Å². The van der Waals surface area contributed by atoms with Gasteiger partial charge in [0.2, 0.25) is 0 Å². The van der Waals surface area contributed by atoms with Crippen LogP contribution in [0.15, 0.2) is 11.3 Å². The quantitative estimate of drug-likeness (QED) is 0.658. The molecule has 1 unspecified atom stereocenters. The number of hydrogen-bond acceptors (Lipinski definition) is 3. The zero-order valence-electron chi connectivity index (χ0n) is 9.95. The van der Waals surface area contributed by atoms with Gasteiger partial charge in [-0.2, -0.15) is 0 Å². The molecule has 4 heteroatoms. The minimum Gasteiger partial charge on any atom is -0.478 e. The molecule has 0 aliphatic heterocycles. The molecule has 0 rings (SSSR count). The summed E-state index contributed by atoms with van der Waals surface area (Å²) in [5, 5.41) is 18.3. The number of aliphatic hydroxyl groups is 1. The molecule has 0 amide bonds. The molecule has 0 saturated heterocycles. The topological polar surface area (TPSA) is 60.8 Å². The highest BCUT2D eigenvalue weighted by atomic mass is 16.4. The molecule has 88 valence electrons. The molecule has 0 aromatic carbocycles. The maximum absolute atomic E-state index is 10.9. The van der Waals surface area contributed by atoms with Crippen molar-refractivity contribution in [2.24, 2.45) is 0 Å². The minimum atomic E-state index is -0.919. The lowest BCUT2D eigenvalue weighted by Crippen LogP contribution is -2.27.